The van der Waals surface area contributed by atoms with Crippen molar-refractivity contribution in [2.45, 2.75) is 12.5 Å². The average molecular weight is 279 g/mol. The largest absolute Gasteiger partial charge is 0.384 e. The Morgan fingerprint density at radius 3 is 2.76 bits per heavy atom. The lowest BCUT2D eigenvalue weighted by atomic mass is 9.98. The average Bonchev–Trinajstić information content (AvgIpc) is 2.52. The number of hydrogen-bond donors (Lipinski definition) is 3. The van der Waals surface area contributed by atoms with E-state index in [0.717, 1.165) is 28.5 Å². The van der Waals surface area contributed by atoms with Crippen molar-refractivity contribution in [1.29, 1.82) is 0 Å². The van der Waals surface area contributed by atoms with Gasteiger partial charge in [0.1, 0.15) is 5.82 Å². The normalized spacial score (nSPS) is 12.4. The van der Waals surface area contributed by atoms with Crippen LogP contribution in [-0.2, 0) is 6.42 Å². The van der Waals surface area contributed by atoms with Gasteiger partial charge in [0.2, 0.25) is 0 Å². The quantitative estimate of drug-likeness (QED) is 0.502. The van der Waals surface area contributed by atoms with Crippen LogP contribution < -0.4 is 17.0 Å². The molecule has 0 fully saturated rings. The Bertz CT molecular complexity index is 756. The maximum absolute atomic E-state index is 5.72. The van der Waals surface area contributed by atoms with Gasteiger partial charge in [-0.05, 0) is 47.9 Å². The van der Waals surface area contributed by atoms with Crippen LogP contribution >= 0.6 is 0 Å². The van der Waals surface area contributed by atoms with Gasteiger partial charge in [0.15, 0.2) is 0 Å². The molecule has 106 valence electrons. The Morgan fingerprint density at radius 1 is 1.05 bits per heavy atom. The monoisotopic (exact) mass is 279 g/mol. The van der Waals surface area contributed by atoms with Gasteiger partial charge in [-0.2, -0.15) is 0 Å². The van der Waals surface area contributed by atoms with Crippen LogP contribution in [0.1, 0.15) is 17.2 Å². The molecule has 0 bridgehead atoms. The van der Waals surface area contributed by atoms with E-state index in [-0.39, 0.29) is 6.04 Å². The minimum absolute atomic E-state index is 0.0106. The number of hydrazine groups is 1. The number of pyridine rings is 2. The second kappa shape index (κ2) is 5.87. The Balaban J connectivity index is 1.90. The minimum Gasteiger partial charge on any atom is -0.384 e. The third kappa shape index (κ3) is 2.99. The zero-order valence-electron chi connectivity index (χ0n) is 11.5. The molecule has 0 aliphatic heterocycles. The summed E-state index contributed by atoms with van der Waals surface area (Å²) < 4.78 is 0. The van der Waals surface area contributed by atoms with Crippen molar-refractivity contribution in [3.8, 4) is 0 Å². The summed E-state index contributed by atoms with van der Waals surface area (Å²) in [7, 11) is 0. The van der Waals surface area contributed by atoms with Crippen molar-refractivity contribution in [2.24, 2.45) is 5.84 Å². The van der Waals surface area contributed by atoms with E-state index in [1.807, 2.05) is 36.4 Å². The molecule has 3 aromatic rings. The molecule has 5 nitrogen and oxygen atoms in total. The van der Waals surface area contributed by atoms with Gasteiger partial charge >= 0.3 is 0 Å². The lowest BCUT2D eigenvalue weighted by Gasteiger charge is -2.17. The molecule has 0 amide bonds. The maximum Gasteiger partial charge on any atom is 0.123 e. The molecule has 0 aliphatic carbocycles. The van der Waals surface area contributed by atoms with E-state index in [4.69, 9.17) is 11.6 Å². The molecule has 2 heterocycles. The summed E-state index contributed by atoms with van der Waals surface area (Å²) in [5.41, 5.74) is 11.8. The standard InChI is InChI=1S/C16H17N5/c17-16-9-11(5-7-20-16)8-15(21-18)13-3-4-14-12(10-13)2-1-6-19-14/h1-7,9-10,15,21H,8,18H2,(H2,17,20). The number of hydrogen-bond acceptors (Lipinski definition) is 5. The van der Waals surface area contributed by atoms with Gasteiger partial charge in [0.25, 0.3) is 0 Å². The number of nitrogen functional groups attached to an aromatic ring is 1. The number of aromatic nitrogens is 2. The van der Waals surface area contributed by atoms with Crippen LogP contribution in [-0.4, -0.2) is 9.97 Å². The van der Waals surface area contributed by atoms with E-state index in [1.165, 1.54) is 0 Å². The van der Waals surface area contributed by atoms with Gasteiger partial charge in [-0.15, -0.1) is 0 Å². The highest BCUT2D eigenvalue weighted by Gasteiger charge is 2.11. The zero-order valence-corrected chi connectivity index (χ0v) is 11.5. The highest BCUT2D eigenvalue weighted by atomic mass is 15.2. The fraction of sp³-hybridized carbons (Fsp3) is 0.125. The summed E-state index contributed by atoms with van der Waals surface area (Å²) >= 11 is 0. The lowest BCUT2D eigenvalue weighted by molar-refractivity contribution is 0.552. The molecule has 0 radical (unpaired) electrons. The molecule has 0 aliphatic rings. The lowest BCUT2D eigenvalue weighted by Crippen LogP contribution is -2.29. The van der Waals surface area contributed by atoms with E-state index in [2.05, 4.69) is 21.5 Å². The molecule has 1 aromatic carbocycles. The first kappa shape index (κ1) is 13.5. The molecule has 5 heteroatoms. The predicted octanol–water partition coefficient (Wildman–Crippen LogP) is 1.96. The maximum atomic E-state index is 5.72. The molecule has 3 rings (SSSR count). The number of nitrogens with one attached hydrogen (secondary N) is 1. The molecular formula is C16H17N5. The fourth-order valence-corrected chi connectivity index (χ4v) is 2.44. The number of benzene rings is 1. The highest BCUT2D eigenvalue weighted by Crippen LogP contribution is 2.22. The Labute approximate surface area is 123 Å². The summed E-state index contributed by atoms with van der Waals surface area (Å²) in [6, 6.07) is 14.0. The summed E-state index contributed by atoms with van der Waals surface area (Å²) in [4.78, 5) is 8.33. The first-order valence-corrected chi connectivity index (χ1v) is 6.77. The molecule has 21 heavy (non-hydrogen) atoms. The molecule has 0 saturated heterocycles. The van der Waals surface area contributed by atoms with Crippen LogP contribution in [0.15, 0.2) is 54.9 Å². The molecule has 2 aromatic heterocycles. The Kier molecular flexibility index (Phi) is 3.77. The van der Waals surface area contributed by atoms with Crippen molar-refractivity contribution in [2.75, 3.05) is 5.73 Å². The molecule has 1 atom stereocenters. The second-order valence-corrected chi connectivity index (χ2v) is 4.97. The smallest absolute Gasteiger partial charge is 0.123 e. The number of nitrogens with two attached hydrogens (primary N) is 2. The molecule has 0 spiro atoms. The van der Waals surface area contributed by atoms with Crippen LogP contribution in [0, 0.1) is 0 Å². The van der Waals surface area contributed by atoms with E-state index < -0.39 is 0 Å². The van der Waals surface area contributed by atoms with E-state index in [1.54, 1.807) is 12.4 Å². The van der Waals surface area contributed by atoms with E-state index in [0.29, 0.717) is 5.82 Å². The van der Waals surface area contributed by atoms with Crippen molar-refractivity contribution in [3.05, 3.63) is 66.0 Å². The second-order valence-electron chi connectivity index (χ2n) is 4.97. The summed E-state index contributed by atoms with van der Waals surface area (Å²) in [5, 5.41) is 1.10. The van der Waals surface area contributed by atoms with Crippen LogP contribution in [0.3, 0.4) is 0 Å². The summed E-state index contributed by atoms with van der Waals surface area (Å²) in [5.74, 6) is 6.24. The Morgan fingerprint density at radius 2 is 1.95 bits per heavy atom. The van der Waals surface area contributed by atoms with Gasteiger partial charge in [0, 0.05) is 17.8 Å². The highest BCUT2D eigenvalue weighted by molar-refractivity contribution is 5.79. The van der Waals surface area contributed by atoms with Gasteiger partial charge in [0.05, 0.1) is 11.6 Å². The van der Waals surface area contributed by atoms with Crippen molar-refractivity contribution in [3.63, 3.8) is 0 Å². The van der Waals surface area contributed by atoms with Crippen LogP contribution in [0.5, 0.6) is 0 Å². The van der Waals surface area contributed by atoms with Gasteiger partial charge < -0.3 is 5.73 Å². The number of rotatable bonds is 4. The zero-order chi connectivity index (χ0) is 14.7. The molecular weight excluding hydrogens is 262 g/mol. The fourth-order valence-electron chi connectivity index (χ4n) is 2.44. The van der Waals surface area contributed by atoms with Crippen LogP contribution in [0.25, 0.3) is 10.9 Å². The van der Waals surface area contributed by atoms with Gasteiger partial charge in [-0.25, -0.2) is 4.98 Å². The first-order chi connectivity index (χ1) is 10.3. The SMILES string of the molecule is NNC(Cc1ccnc(N)c1)c1ccc2ncccc2c1. The van der Waals surface area contributed by atoms with Gasteiger partial charge in [-0.1, -0.05) is 12.1 Å². The van der Waals surface area contributed by atoms with Crippen molar-refractivity contribution < 1.29 is 0 Å². The predicted molar refractivity (Wildman–Crippen MR) is 84.2 cm³/mol. The van der Waals surface area contributed by atoms with Gasteiger partial charge in [-0.3, -0.25) is 16.3 Å². The van der Waals surface area contributed by atoms with Crippen molar-refractivity contribution >= 4 is 16.7 Å². The molecule has 5 N–H and O–H groups in total. The first-order valence-electron chi connectivity index (χ1n) is 6.77. The summed E-state index contributed by atoms with van der Waals surface area (Å²) in [6.07, 6.45) is 4.25. The number of anilines is 1. The van der Waals surface area contributed by atoms with E-state index in [9.17, 15) is 0 Å². The minimum atomic E-state index is 0.0106. The topological polar surface area (TPSA) is 89.8 Å². The molecule has 1 unspecified atom stereocenters. The van der Waals surface area contributed by atoms with Crippen LogP contribution in [0.4, 0.5) is 5.82 Å². The third-order valence-electron chi connectivity index (χ3n) is 3.52. The molecule has 0 saturated carbocycles. The summed E-state index contributed by atoms with van der Waals surface area (Å²) in [6.45, 7) is 0. The third-order valence-corrected chi connectivity index (χ3v) is 3.52. The Hall–Kier alpha value is -2.50. The van der Waals surface area contributed by atoms with Crippen LogP contribution in [0.2, 0.25) is 0 Å². The van der Waals surface area contributed by atoms with Crippen molar-refractivity contribution in [1.82, 2.24) is 15.4 Å². The number of nitrogens with zero attached hydrogens (tertiary/aromatic N) is 2. The van der Waals surface area contributed by atoms with E-state index >= 15 is 0 Å². The number of fused-ring (bicyclic) bond motifs is 1.